The van der Waals surface area contributed by atoms with Crippen molar-refractivity contribution in [3.63, 3.8) is 0 Å². The largest absolute Gasteiger partial charge is 0.493 e. The number of aryl methyl sites for hydroxylation is 3. The van der Waals surface area contributed by atoms with Gasteiger partial charge < -0.3 is 24.7 Å². The van der Waals surface area contributed by atoms with E-state index in [0.29, 0.717) is 56.1 Å². The van der Waals surface area contributed by atoms with E-state index in [-0.39, 0.29) is 30.7 Å². The predicted octanol–water partition coefficient (Wildman–Crippen LogP) is 2.22. The molecule has 1 aliphatic rings. The monoisotopic (exact) mass is 572 g/mol. The zero-order chi connectivity index (χ0) is 29.6. The van der Waals surface area contributed by atoms with Crippen molar-refractivity contribution >= 4 is 23.4 Å². The summed E-state index contributed by atoms with van der Waals surface area (Å²) in [4.78, 5) is 45.5. The quantitative estimate of drug-likeness (QED) is 0.376. The molecule has 1 aromatic carbocycles. The third-order valence-corrected chi connectivity index (χ3v) is 7.25. The number of hydrogen-bond donors (Lipinski definition) is 2. The number of aromatic nitrogens is 5. The van der Waals surface area contributed by atoms with E-state index < -0.39 is 6.04 Å². The van der Waals surface area contributed by atoms with Gasteiger partial charge in [-0.2, -0.15) is 0 Å². The number of fused-ring (bicyclic) bond motifs is 4. The molecule has 3 aromatic heterocycles. The molecule has 0 aliphatic carbocycles. The van der Waals surface area contributed by atoms with Gasteiger partial charge in [-0.15, -0.1) is 5.10 Å². The van der Waals surface area contributed by atoms with Crippen LogP contribution in [0.5, 0.6) is 5.75 Å². The van der Waals surface area contributed by atoms with Gasteiger partial charge in [0.1, 0.15) is 23.1 Å². The van der Waals surface area contributed by atoms with Crippen molar-refractivity contribution in [3.05, 3.63) is 77.0 Å². The molecule has 0 saturated carbocycles. The van der Waals surface area contributed by atoms with Gasteiger partial charge in [-0.05, 0) is 56.5 Å². The molecule has 2 bridgehead atoms. The molecule has 3 amide bonds. The minimum atomic E-state index is -0.751. The Hall–Kier alpha value is -4.74. The third kappa shape index (κ3) is 6.76. The van der Waals surface area contributed by atoms with Crippen LogP contribution in [0.2, 0.25) is 0 Å². The zero-order valence-electron chi connectivity index (χ0n) is 24.2. The number of carbonyl (C=O) groups excluding carboxylic acids is 3. The molecule has 0 spiro atoms. The molecule has 4 aromatic rings. The summed E-state index contributed by atoms with van der Waals surface area (Å²) in [7, 11) is 0. The number of pyridine rings is 1. The summed E-state index contributed by atoms with van der Waals surface area (Å²) in [5.41, 5.74) is 4.66. The zero-order valence-corrected chi connectivity index (χ0v) is 24.2. The van der Waals surface area contributed by atoms with Gasteiger partial charge >= 0.3 is 0 Å². The van der Waals surface area contributed by atoms with Gasteiger partial charge in [0.2, 0.25) is 11.8 Å². The van der Waals surface area contributed by atoms with Crippen molar-refractivity contribution < 1.29 is 19.1 Å². The van der Waals surface area contributed by atoms with Crippen molar-refractivity contribution in [2.24, 2.45) is 0 Å². The maximum Gasteiger partial charge on any atom is 0.255 e. The maximum atomic E-state index is 13.5. The lowest BCUT2D eigenvalue weighted by molar-refractivity contribution is -0.131. The Bertz CT molecular complexity index is 1590. The van der Waals surface area contributed by atoms with Crippen molar-refractivity contribution in [1.82, 2.24) is 39.9 Å². The number of carbonyl (C=O) groups is 3. The van der Waals surface area contributed by atoms with Crippen LogP contribution in [0.4, 0.5) is 0 Å². The van der Waals surface area contributed by atoms with Gasteiger partial charge in [0.15, 0.2) is 0 Å². The van der Waals surface area contributed by atoms with Crippen molar-refractivity contribution in [2.75, 3.05) is 19.7 Å². The molecule has 12 heteroatoms. The Morgan fingerprint density at radius 3 is 2.86 bits per heavy atom. The molecule has 1 atom stereocenters. The molecule has 0 radical (unpaired) electrons. The first-order valence-corrected chi connectivity index (χ1v) is 14.2. The van der Waals surface area contributed by atoms with Crippen LogP contribution in [-0.4, -0.2) is 72.7 Å². The molecule has 220 valence electrons. The van der Waals surface area contributed by atoms with E-state index in [1.54, 1.807) is 28.8 Å². The standard InChI is InChI=1S/C30H36N8O4/c1-20-8-9-25-26(15-20)42-14-6-12-37-19-23(34-35-37)18-36(11-5-10-31-29(40)22(3)33-30(25)41)27(39)16-24-17-32-28-21(2)7-4-13-38(24)28/h4,7-9,13,15,17,19,22H,5-6,10-12,14,16,18H2,1-3H3,(H,31,40)(H,33,41)/t22-/m1/s1. The van der Waals surface area contributed by atoms with Crippen LogP contribution in [0.1, 0.15) is 52.6 Å². The second-order valence-corrected chi connectivity index (χ2v) is 10.6. The van der Waals surface area contributed by atoms with Gasteiger partial charge in [-0.1, -0.05) is 17.3 Å². The van der Waals surface area contributed by atoms with Crippen LogP contribution in [0.15, 0.2) is 48.9 Å². The van der Waals surface area contributed by atoms with Gasteiger partial charge in [0.05, 0.1) is 37.0 Å². The molecule has 5 rings (SSSR count). The topological polar surface area (TPSA) is 136 Å². The first kappa shape index (κ1) is 28.8. The van der Waals surface area contributed by atoms with E-state index in [9.17, 15) is 14.4 Å². The molecule has 0 saturated heterocycles. The second kappa shape index (κ2) is 12.8. The Morgan fingerprint density at radius 2 is 2.00 bits per heavy atom. The Kier molecular flexibility index (Phi) is 8.80. The number of ether oxygens (including phenoxy) is 1. The third-order valence-electron chi connectivity index (χ3n) is 7.25. The van der Waals surface area contributed by atoms with Crippen molar-refractivity contribution in [2.45, 2.75) is 59.2 Å². The number of nitrogens with one attached hydrogen (secondary N) is 2. The SMILES string of the molecule is Cc1ccc2c(c1)OCCCn1cc(nn1)CN(C(=O)Cc1cnc3c(C)cccn13)CCCNC(=O)[C@@H](C)NC2=O. The smallest absolute Gasteiger partial charge is 0.255 e. The van der Waals surface area contributed by atoms with Crippen LogP contribution in [-0.2, 0) is 29.1 Å². The summed E-state index contributed by atoms with van der Waals surface area (Å²) >= 11 is 0. The van der Waals surface area contributed by atoms with E-state index in [1.165, 1.54) is 0 Å². The average molecular weight is 573 g/mol. The first-order valence-electron chi connectivity index (χ1n) is 14.2. The predicted molar refractivity (Wildman–Crippen MR) is 155 cm³/mol. The average Bonchev–Trinajstić information content (AvgIpc) is 3.59. The summed E-state index contributed by atoms with van der Waals surface area (Å²) < 4.78 is 9.64. The number of amides is 3. The van der Waals surface area contributed by atoms with E-state index >= 15 is 0 Å². The molecular formula is C30H36N8O4. The van der Waals surface area contributed by atoms with E-state index in [1.807, 2.05) is 54.9 Å². The lowest BCUT2D eigenvalue weighted by atomic mass is 10.1. The van der Waals surface area contributed by atoms with Gasteiger partial charge in [0.25, 0.3) is 5.91 Å². The highest BCUT2D eigenvalue weighted by Crippen LogP contribution is 2.21. The second-order valence-electron chi connectivity index (χ2n) is 10.6. The Balaban J connectivity index is 1.32. The minimum Gasteiger partial charge on any atom is -0.493 e. The summed E-state index contributed by atoms with van der Waals surface area (Å²) in [5, 5.41) is 14.2. The Morgan fingerprint density at radius 1 is 1.14 bits per heavy atom. The van der Waals surface area contributed by atoms with Crippen LogP contribution < -0.4 is 15.4 Å². The normalized spacial score (nSPS) is 17.3. The molecule has 42 heavy (non-hydrogen) atoms. The van der Waals surface area contributed by atoms with E-state index in [4.69, 9.17) is 4.74 Å². The number of hydrogen-bond acceptors (Lipinski definition) is 7. The minimum absolute atomic E-state index is 0.0767. The highest BCUT2D eigenvalue weighted by Gasteiger charge is 2.21. The van der Waals surface area contributed by atoms with Crippen LogP contribution >= 0.6 is 0 Å². The lowest BCUT2D eigenvalue weighted by Gasteiger charge is -2.22. The van der Waals surface area contributed by atoms with E-state index in [2.05, 4.69) is 25.9 Å². The number of imidazole rings is 1. The first-order chi connectivity index (χ1) is 20.3. The number of benzene rings is 1. The molecule has 1 aliphatic heterocycles. The van der Waals surface area contributed by atoms with Crippen LogP contribution in [0.25, 0.3) is 5.65 Å². The lowest BCUT2D eigenvalue weighted by Crippen LogP contribution is -2.45. The highest BCUT2D eigenvalue weighted by atomic mass is 16.5. The molecule has 0 unspecified atom stereocenters. The van der Waals surface area contributed by atoms with Gasteiger partial charge in [-0.3, -0.25) is 19.1 Å². The summed E-state index contributed by atoms with van der Waals surface area (Å²) in [6, 6.07) is 8.53. The summed E-state index contributed by atoms with van der Waals surface area (Å²) in [5.74, 6) is -0.302. The maximum absolute atomic E-state index is 13.5. The van der Waals surface area contributed by atoms with Crippen molar-refractivity contribution in [3.8, 4) is 5.75 Å². The fourth-order valence-corrected chi connectivity index (χ4v) is 4.93. The van der Waals surface area contributed by atoms with Crippen LogP contribution in [0.3, 0.4) is 0 Å². The fourth-order valence-electron chi connectivity index (χ4n) is 4.93. The molecule has 12 nitrogen and oxygen atoms in total. The number of nitrogens with zero attached hydrogens (tertiary/aromatic N) is 6. The molecule has 2 N–H and O–H groups in total. The van der Waals surface area contributed by atoms with Crippen LogP contribution in [0, 0.1) is 13.8 Å². The van der Waals surface area contributed by atoms with E-state index in [0.717, 1.165) is 22.5 Å². The van der Waals surface area contributed by atoms with Gasteiger partial charge in [-0.25, -0.2) is 4.98 Å². The Labute approximate surface area is 244 Å². The van der Waals surface area contributed by atoms with Gasteiger partial charge in [0, 0.05) is 38.4 Å². The summed E-state index contributed by atoms with van der Waals surface area (Å²) in [6.07, 6.45) is 6.80. The molecule has 0 fully saturated rings. The van der Waals surface area contributed by atoms with Crippen molar-refractivity contribution in [1.29, 1.82) is 0 Å². The highest BCUT2D eigenvalue weighted by molar-refractivity contribution is 5.99. The molecular weight excluding hydrogens is 536 g/mol. The fraction of sp³-hybridized carbons (Fsp3) is 0.400. The summed E-state index contributed by atoms with van der Waals surface area (Å²) in [6.45, 7) is 7.50. The number of rotatable bonds is 2. The molecule has 4 heterocycles.